The number of hydrogen-bond acceptors (Lipinski definition) is 3. The van der Waals surface area contributed by atoms with Gasteiger partial charge in [0, 0.05) is 10.5 Å². The average Bonchev–Trinajstić information content (AvgIpc) is 2.38. The summed E-state index contributed by atoms with van der Waals surface area (Å²) in [6, 6.07) is 0. The van der Waals surface area contributed by atoms with Gasteiger partial charge in [0.05, 0.1) is 6.10 Å². The lowest BCUT2D eigenvalue weighted by molar-refractivity contribution is -0.0979. The molecule has 3 heteroatoms. The van der Waals surface area contributed by atoms with E-state index in [0.717, 1.165) is 35.2 Å². The van der Waals surface area contributed by atoms with Gasteiger partial charge in [0.2, 0.25) is 0 Å². The van der Waals surface area contributed by atoms with Crippen molar-refractivity contribution in [1.29, 1.82) is 0 Å². The molecule has 0 spiro atoms. The van der Waals surface area contributed by atoms with Crippen molar-refractivity contribution in [2.75, 3.05) is 0 Å². The Morgan fingerprint density at radius 3 is 2.41 bits per heavy atom. The maximum Gasteiger partial charge on any atom is 0.106 e. The van der Waals surface area contributed by atoms with E-state index in [1.807, 2.05) is 6.79 Å². The molecule has 1 N–H and O–H groups in total. The Bertz CT molecular complexity index is 246. The summed E-state index contributed by atoms with van der Waals surface area (Å²) in [6.45, 7) is 2.00. The van der Waals surface area contributed by atoms with Gasteiger partial charge in [0.1, 0.15) is 6.79 Å². The number of rotatable bonds is 0. The Kier molecular flexibility index (Phi) is 4.92. The van der Waals surface area contributed by atoms with Crippen LogP contribution in [-0.2, 0) is 4.79 Å². The van der Waals surface area contributed by atoms with Crippen molar-refractivity contribution in [3.63, 3.8) is 0 Å². The molecule has 1 saturated heterocycles. The van der Waals surface area contributed by atoms with Gasteiger partial charge in [-0.3, -0.25) is 0 Å². The summed E-state index contributed by atoms with van der Waals surface area (Å²) >= 11 is 2.29. The fourth-order valence-corrected chi connectivity index (χ4v) is 5.81. The molecule has 2 saturated carbocycles. The van der Waals surface area contributed by atoms with E-state index in [0.29, 0.717) is 0 Å². The second-order valence-electron chi connectivity index (χ2n) is 5.72. The van der Waals surface area contributed by atoms with Crippen molar-refractivity contribution in [3.8, 4) is 0 Å². The molecule has 3 fully saturated rings. The molecule has 1 heterocycles. The Morgan fingerprint density at radius 1 is 0.882 bits per heavy atom. The predicted molar refractivity (Wildman–Crippen MR) is 72.2 cm³/mol. The Labute approximate surface area is 109 Å². The van der Waals surface area contributed by atoms with Crippen LogP contribution >= 0.6 is 11.8 Å². The third-order valence-corrected chi connectivity index (χ3v) is 6.62. The van der Waals surface area contributed by atoms with Crippen molar-refractivity contribution in [1.82, 2.24) is 0 Å². The third kappa shape index (κ3) is 3.05. The molecule has 5 unspecified atom stereocenters. The van der Waals surface area contributed by atoms with Crippen LogP contribution in [0.25, 0.3) is 0 Å². The van der Waals surface area contributed by atoms with Gasteiger partial charge >= 0.3 is 0 Å². The third-order valence-electron chi connectivity index (χ3n) is 4.68. The number of fused-ring (bicyclic) bond motifs is 2. The van der Waals surface area contributed by atoms with E-state index >= 15 is 0 Å². The lowest BCUT2D eigenvalue weighted by Crippen LogP contribution is -2.40. The fourth-order valence-electron chi connectivity index (χ4n) is 3.87. The molecule has 2 nitrogen and oxygen atoms in total. The van der Waals surface area contributed by atoms with Gasteiger partial charge in [-0.15, -0.1) is 0 Å². The Morgan fingerprint density at radius 2 is 1.59 bits per heavy atom. The first-order chi connectivity index (χ1) is 8.33. The number of carbonyl (C=O) groups is 1. The van der Waals surface area contributed by atoms with Gasteiger partial charge in [0.15, 0.2) is 0 Å². The van der Waals surface area contributed by atoms with Gasteiger partial charge < -0.3 is 9.90 Å². The molecule has 0 bridgehead atoms. The SMILES string of the molecule is C=O.OC1CCC2SC3CCCCC3CC2C1. The average molecular weight is 256 g/mol. The van der Waals surface area contributed by atoms with Crippen LogP contribution in [0.2, 0.25) is 0 Å². The molecule has 0 aromatic rings. The molecule has 3 aliphatic rings. The zero-order valence-electron chi connectivity index (χ0n) is 10.5. The molecule has 0 aromatic heterocycles. The van der Waals surface area contributed by atoms with Crippen molar-refractivity contribution in [3.05, 3.63) is 0 Å². The highest BCUT2D eigenvalue weighted by Crippen LogP contribution is 2.50. The maximum absolute atomic E-state index is 9.73. The lowest BCUT2D eigenvalue weighted by Gasteiger charge is -2.46. The zero-order chi connectivity index (χ0) is 12.3. The summed E-state index contributed by atoms with van der Waals surface area (Å²) in [4.78, 5) is 8.00. The van der Waals surface area contributed by atoms with Gasteiger partial charge in [-0.2, -0.15) is 11.8 Å². The van der Waals surface area contributed by atoms with Crippen LogP contribution in [0, 0.1) is 11.8 Å². The lowest BCUT2D eigenvalue weighted by atomic mass is 9.75. The number of aliphatic hydroxyl groups is 1. The molecule has 2 aliphatic carbocycles. The smallest absolute Gasteiger partial charge is 0.106 e. The molecular formula is C14H24O2S. The molecule has 0 amide bonds. The van der Waals surface area contributed by atoms with Crippen molar-refractivity contribution >= 4 is 18.6 Å². The maximum atomic E-state index is 9.73. The predicted octanol–water partition coefficient (Wildman–Crippen LogP) is 3.03. The summed E-state index contributed by atoms with van der Waals surface area (Å²) < 4.78 is 0. The molecule has 17 heavy (non-hydrogen) atoms. The largest absolute Gasteiger partial charge is 0.393 e. The summed E-state index contributed by atoms with van der Waals surface area (Å²) in [5.41, 5.74) is 0. The minimum absolute atomic E-state index is 0.0204. The first kappa shape index (κ1) is 13.4. The number of carbonyl (C=O) groups excluding carboxylic acids is 1. The molecule has 5 atom stereocenters. The summed E-state index contributed by atoms with van der Waals surface area (Å²) in [6.07, 6.45) is 10.8. The first-order valence-corrected chi connectivity index (χ1v) is 7.89. The van der Waals surface area contributed by atoms with Gasteiger partial charge in [0.25, 0.3) is 0 Å². The summed E-state index contributed by atoms with van der Waals surface area (Å²) in [5.74, 6) is 1.84. The minimum atomic E-state index is 0.0204. The topological polar surface area (TPSA) is 37.3 Å². The van der Waals surface area contributed by atoms with Gasteiger partial charge in [-0.25, -0.2) is 0 Å². The standard InChI is InChI=1S/C13H22OS.CH2O/c14-11-5-6-13-10(8-11)7-9-3-1-2-4-12(9)15-13;1-2/h9-14H,1-8H2;1H2. The van der Waals surface area contributed by atoms with Crippen LogP contribution in [-0.4, -0.2) is 28.5 Å². The number of aliphatic hydroxyl groups excluding tert-OH is 1. The van der Waals surface area contributed by atoms with E-state index in [4.69, 9.17) is 4.79 Å². The van der Waals surface area contributed by atoms with E-state index in [1.165, 1.54) is 38.5 Å². The van der Waals surface area contributed by atoms with Crippen LogP contribution in [0.3, 0.4) is 0 Å². The highest BCUT2D eigenvalue weighted by molar-refractivity contribution is 8.00. The molecule has 98 valence electrons. The highest BCUT2D eigenvalue weighted by Gasteiger charge is 2.41. The van der Waals surface area contributed by atoms with Crippen molar-refractivity contribution in [2.24, 2.45) is 11.8 Å². The number of thioether (sulfide) groups is 1. The Balaban J connectivity index is 0.000000514. The van der Waals surface area contributed by atoms with Crippen LogP contribution in [0.1, 0.15) is 51.4 Å². The van der Waals surface area contributed by atoms with E-state index < -0.39 is 0 Å². The molecule has 3 rings (SSSR count). The summed E-state index contributed by atoms with van der Waals surface area (Å²) in [5, 5.41) is 11.6. The summed E-state index contributed by atoms with van der Waals surface area (Å²) in [7, 11) is 0. The van der Waals surface area contributed by atoms with E-state index in [1.54, 1.807) is 0 Å². The molecule has 1 aliphatic heterocycles. The number of hydrogen-bond donors (Lipinski definition) is 1. The minimum Gasteiger partial charge on any atom is -0.393 e. The normalized spacial score (nSPS) is 44.9. The van der Waals surface area contributed by atoms with E-state index in [-0.39, 0.29) is 6.10 Å². The zero-order valence-corrected chi connectivity index (χ0v) is 11.3. The monoisotopic (exact) mass is 256 g/mol. The first-order valence-electron chi connectivity index (χ1n) is 6.95. The van der Waals surface area contributed by atoms with Crippen LogP contribution < -0.4 is 0 Å². The second kappa shape index (κ2) is 6.24. The second-order valence-corrected chi connectivity index (χ2v) is 7.20. The molecule has 0 aromatic carbocycles. The van der Waals surface area contributed by atoms with Crippen LogP contribution in [0.5, 0.6) is 0 Å². The van der Waals surface area contributed by atoms with E-state index in [2.05, 4.69) is 11.8 Å². The molecule has 0 radical (unpaired) electrons. The Hall–Kier alpha value is -0.0200. The fraction of sp³-hybridized carbons (Fsp3) is 0.929. The quantitative estimate of drug-likeness (QED) is 0.724. The van der Waals surface area contributed by atoms with Crippen molar-refractivity contribution in [2.45, 2.75) is 68.0 Å². The van der Waals surface area contributed by atoms with Crippen molar-refractivity contribution < 1.29 is 9.90 Å². The molecular weight excluding hydrogens is 232 g/mol. The van der Waals surface area contributed by atoms with Crippen LogP contribution in [0.15, 0.2) is 0 Å². The van der Waals surface area contributed by atoms with E-state index in [9.17, 15) is 5.11 Å². The van der Waals surface area contributed by atoms with Gasteiger partial charge in [-0.1, -0.05) is 12.8 Å². The van der Waals surface area contributed by atoms with Crippen LogP contribution in [0.4, 0.5) is 0 Å². The highest BCUT2D eigenvalue weighted by atomic mass is 32.2. The van der Waals surface area contributed by atoms with Gasteiger partial charge in [-0.05, 0) is 50.4 Å².